The molecule has 0 fully saturated rings. The molecule has 3 nitrogen and oxygen atoms in total. The van der Waals surface area contributed by atoms with Gasteiger partial charge in [-0.1, -0.05) is 6.92 Å². The van der Waals surface area contributed by atoms with Gasteiger partial charge in [0, 0.05) is 6.16 Å². The minimum absolute atomic E-state index is 0.160. The number of nitrogens with zero attached hydrogens (tertiary/aromatic N) is 1. The topological polar surface area (TPSA) is 61.1 Å². The van der Waals surface area contributed by atoms with Gasteiger partial charge in [-0.2, -0.15) is 5.26 Å². The standard InChI is InChI=1S/C6H12NO2P/c1-4-10(8,9)6(2,3)5-7/h4H2,1-3H3,(H,8,9). The summed E-state index contributed by atoms with van der Waals surface area (Å²) in [6.45, 7) is 4.58. The number of hydrogen-bond donors (Lipinski definition) is 1. The van der Waals surface area contributed by atoms with Crippen molar-refractivity contribution in [3.63, 3.8) is 0 Å². The Morgan fingerprint density at radius 2 is 2.10 bits per heavy atom. The highest BCUT2D eigenvalue weighted by Gasteiger charge is 2.37. The summed E-state index contributed by atoms with van der Waals surface area (Å²) in [6.07, 6.45) is 0.160. The van der Waals surface area contributed by atoms with Crippen LogP contribution in [0.1, 0.15) is 20.8 Å². The zero-order valence-electron chi connectivity index (χ0n) is 6.46. The van der Waals surface area contributed by atoms with Crippen LogP contribution in [0.25, 0.3) is 0 Å². The Morgan fingerprint density at radius 1 is 1.70 bits per heavy atom. The van der Waals surface area contributed by atoms with E-state index in [1.54, 1.807) is 6.92 Å². The van der Waals surface area contributed by atoms with Gasteiger partial charge in [-0.15, -0.1) is 0 Å². The van der Waals surface area contributed by atoms with Gasteiger partial charge in [-0.3, -0.25) is 4.57 Å². The Labute approximate surface area is 61.1 Å². The molecular weight excluding hydrogens is 149 g/mol. The first-order chi connectivity index (χ1) is 4.37. The van der Waals surface area contributed by atoms with Crippen molar-refractivity contribution in [3.8, 4) is 6.07 Å². The summed E-state index contributed by atoms with van der Waals surface area (Å²) in [5.74, 6) is 0. The van der Waals surface area contributed by atoms with E-state index in [-0.39, 0.29) is 6.16 Å². The van der Waals surface area contributed by atoms with E-state index in [1.165, 1.54) is 13.8 Å². The molecule has 0 aromatic rings. The monoisotopic (exact) mass is 161 g/mol. The molecule has 1 unspecified atom stereocenters. The van der Waals surface area contributed by atoms with Crippen LogP contribution >= 0.6 is 7.37 Å². The molecule has 0 bridgehead atoms. The second-order valence-corrected chi connectivity index (χ2v) is 5.84. The highest BCUT2D eigenvalue weighted by molar-refractivity contribution is 7.59. The molecule has 1 N–H and O–H groups in total. The average molecular weight is 161 g/mol. The van der Waals surface area contributed by atoms with E-state index in [9.17, 15) is 9.46 Å². The largest absolute Gasteiger partial charge is 0.343 e. The third-order valence-electron chi connectivity index (χ3n) is 1.58. The predicted molar refractivity (Wildman–Crippen MR) is 40.1 cm³/mol. The second-order valence-electron chi connectivity index (χ2n) is 2.69. The van der Waals surface area contributed by atoms with Crippen molar-refractivity contribution in [2.24, 2.45) is 0 Å². The van der Waals surface area contributed by atoms with Crippen LogP contribution in [0.5, 0.6) is 0 Å². The Bertz CT molecular complexity index is 204. The van der Waals surface area contributed by atoms with Crippen molar-refractivity contribution in [3.05, 3.63) is 0 Å². The van der Waals surface area contributed by atoms with Crippen LogP contribution in [0.3, 0.4) is 0 Å². The molecule has 0 aromatic heterocycles. The van der Waals surface area contributed by atoms with Gasteiger partial charge in [0.15, 0.2) is 0 Å². The summed E-state index contributed by atoms with van der Waals surface area (Å²) in [7, 11) is -3.24. The molecule has 1 atom stereocenters. The SMILES string of the molecule is CCP(=O)(O)C(C)(C)C#N. The maximum Gasteiger partial charge on any atom is 0.219 e. The van der Waals surface area contributed by atoms with Gasteiger partial charge in [0.05, 0.1) is 6.07 Å². The summed E-state index contributed by atoms with van der Waals surface area (Å²) in [4.78, 5) is 9.18. The van der Waals surface area contributed by atoms with Crippen LogP contribution in [0, 0.1) is 11.3 Å². The lowest BCUT2D eigenvalue weighted by Gasteiger charge is -2.21. The van der Waals surface area contributed by atoms with Gasteiger partial charge >= 0.3 is 0 Å². The first-order valence-electron chi connectivity index (χ1n) is 3.10. The molecule has 0 amide bonds. The Hall–Kier alpha value is -0.320. The van der Waals surface area contributed by atoms with E-state index in [2.05, 4.69) is 0 Å². The van der Waals surface area contributed by atoms with Gasteiger partial charge in [0.25, 0.3) is 0 Å². The van der Waals surface area contributed by atoms with Gasteiger partial charge in [-0.25, -0.2) is 0 Å². The van der Waals surface area contributed by atoms with E-state index < -0.39 is 12.5 Å². The molecule has 4 heteroatoms. The van der Waals surface area contributed by atoms with Crippen molar-refractivity contribution in [1.29, 1.82) is 5.26 Å². The fourth-order valence-corrected chi connectivity index (χ4v) is 1.42. The first-order valence-corrected chi connectivity index (χ1v) is 4.95. The highest BCUT2D eigenvalue weighted by atomic mass is 31.2. The minimum Gasteiger partial charge on any atom is -0.343 e. The molecule has 0 radical (unpaired) electrons. The smallest absolute Gasteiger partial charge is 0.219 e. The van der Waals surface area contributed by atoms with E-state index in [0.29, 0.717) is 0 Å². The molecule has 0 heterocycles. The number of nitriles is 1. The molecule has 10 heavy (non-hydrogen) atoms. The lowest BCUT2D eigenvalue weighted by molar-refractivity contribution is 0.457. The van der Waals surface area contributed by atoms with E-state index in [4.69, 9.17) is 5.26 Å². The number of hydrogen-bond acceptors (Lipinski definition) is 2. The lowest BCUT2D eigenvalue weighted by Crippen LogP contribution is -2.18. The molecule has 58 valence electrons. The maximum absolute atomic E-state index is 11.2. The lowest BCUT2D eigenvalue weighted by atomic mass is 10.2. The van der Waals surface area contributed by atoms with E-state index >= 15 is 0 Å². The highest BCUT2D eigenvalue weighted by Crippen LogP contribution is 2.53. The quantitative estimate of drug-likeness (QED) is 0.625. The Kier molecular flexibility index (Phi) is 2.65. The van der Waals surface area contributed by atoms with Crippen LogP contribution in [-0.4, -0.2) is 16.2 Å². The van der Waals surface area contributed by atoms with Gasteiger partial charge < -0.3 is 4.89 Å². The molecule has 0 aliphatic rings. The van der Waals surface area contributed by atoms with Crippen LogP contribution < -0.4 is 0 Å². The Balaban J connectivity index is 4.67. The Morgan fingerprint density at radius 3 is 2.20 bits per heavy atom. The molecule has 0 aliphatic heterocycles. The number of rotatable bonds is 2. The van der Waals surface area contributed by atoms with Crippen molar-refractivity contribution >= 4 is 7.37 Å². The summed E-state index contributed by atoms with van der Waals surface area (Å²) in [5, 5.41) is 7.38. The van der Waals surface area contributed by atoms with Crippen molar-refractivity contribution in [2.45, 2.75) is 25.9 Å². The van der Waals surface area contributed by atoms with Crippen LogP contribution in [0.4, 0.5) is 0 Å². The van der Waals surface area contributed by atoms with Crippen LogP contribution in [-0.2, 0) is 4.57 Å². The normalized spacial score (nSPS) is 17.5. The summed E-state index contributed by atoms with van der Waals surface area (Å²) in [6, 6.07) is 1.82. The summed E-state index contributed by atoms with van der Waals surface area (Å²) in [5.41, 5.74) is 0. The molecular formula is C6H12NO2P. The third-order valence-corrected chi connectivity index (χ3v) is 4.28. The third kappa shape index (κ3) is 1.59. The molecule has 0 saturated carbocycles. The fraction of sp³-hybridized carbons (Fsp3) is 0.833. The molecule has 0 spiro atoms. The maximum atomic E-state index is 11.2. The van der Waals surface area contributed by atoms with Crippen molar-refractivity contribution < 1.29 is 9.46 Å². The minimum atomic E-state index is -3.24. The van der Waals surface area contributed by atoms with Gasteiger partial charge in [0.2, 0.25) is 7.37 Å². The zero-order chi connectivity index (χ0) is 8.41. The van der Waals surface area contributed by atoms with Crippen LogP contribution in [0.2, 0.25) is 0 Å². The van der Waals surface area contributed by atoms with Crippen molar-refractivity contribution in [1.82, 2.24) is 0 Å². The second kappa shape index (κ2) is 2.74. The average Bonchev–Trinajstić information content (AvgIpc) is 1.88. The van der Waals surface area contributed by atoms with E-state index in [1.807, 2.05) is 6.07 Å². The fourth-order valence-electron chi connectivity index (χ4n) is 0.473. The first kappa shape index (κ1) is 9.68. The van der Waals surface area contributed by atoms with Gasteiger partial charge in [0.1, 0.15) is 5.16 Å². The molecule has 0 aliphatic carbocycles. The zero-order valence-corrected chi connectivity index (χ0v) is 7.35. The predicted octanol–water partition coefficient (Wildman–Crippen LogP) is 1.58. The molecule has 0 rings (SSSR count). The van der Waals surface area contributed by atoms with Gasteiger partial charge in [-0.05, 0) is 13.8 Å². The molecule has 0 aromatic carbocycles. The van der Waals surface area contributed by atoms with E-state index in [0.717, 1.165) is 0 Å². The van der Waals surface area contributed by atoms with Crippen molar-refractivity contribution in [2.75, 3.05) is 6.16 Å². The summed E-state index contributed by atoms with van der Waals surface area (Å²) < 4.78 is 11.2. The van der Waals surface area contributed by atoms with Crippen LogP contribution in [0.15, 0.2) is 0 Å². The molecule has 0 saturated heterocycles. The summed E-state index contributed by atoms with van der Waals surface area (Å²) >= 11 is 0.